The summed E-state index contributed by atoms with van der Waals surface area (Å²) in [6.07, 6.45) is -5.99. The van der Waals surface area contributed by atoms with Crippen LogP contribution in [0.5, 0.6) is 0 Å². The highest BCUT2D eigenvalue weighted by atomic mass is 19.4. The number of halogens is 11. The van der Waals surface area contributed by atoms with Crippen LogP contribution in [0.15, 0.2) is 28.9 Å². The maximum absolute atomic E-state index is 15.1. The Labute approximate surface area is 261 Å². The Morgan fingerprint density at radius 3 is 1.12 bits per heavy atom. The van der Waals surface area contributed by atoms with E-state index in [-0.39, 0.29) is 22.3 Å². The van der Waals surface area contributed by atoms with Crippen LogP contribution in [0, 0.1) is 117 Å². The van der Waals surface area contributed by atoms with E-state index in [4.69, 9.17) is 5.26 Å². The Morgan fingerprint density at radius 2 is 0.833 bits per heavy atom. The van der Waals surface area contributed by atoms with Gasteiger partial charge in [0.25, 0.3) is 0 Å². The van der Waals surface area contributed by atoms with Gasteiger partial charge in [-0.15, -0.1) is 0 Å². The van der Waals surface area contributed by atoms with Crippen molar-refractivity contribution in [3.63, 3.8) is 0 Å². The molecular formula is C32H8F11N5. The Bertz CT molecular complexity index is 2250. The number of benzene rings is 3. The number of hydrogen-bond donors (Lipinski definition) is 0. The zero-order chi connectivity index (χ0) is 36.2. The van der Waals surface area contributed by atoms with Gasteiger partial charge in [0.2, 0.25) is 0 Å². The maximum atomic E-state index is 15.1. The zero-order valence-corrected chi connectivity index (χ0v) is 23.5. The number of rotatable bonds is 3. The van der Waals surface area contributed by atoms with Crippen molar-refractivity contribution in [3.8, 4) is 30.3 Å². The molecule has 1 aliphatic rings. The van der Waals surface area contributed by atoms with E-state index in [1.54, 1.807) is 6.07 Å². The minimum atomic E-state index is -5.99. The van der Waals surface area contributed by atoms with E-state index in [0.29, 0.717) is 0 Å². The standard InChI is InChI=1S/C32H8F11N5/c1-10-3-12(5-44)4-11(2)17(10)13(6-45)18-19(14(7-46)21-26(35)24(33)16(9-48)25(34)27(21)36)20(18)15(8-47)22-28(37)30(39)23(32(41,42)43)31(40)29(22)38/h3-4H,1-2H3. The van der Waals surface area contributed by atoms with Crippen LogP contribution in [0.3, 0.4) is 0 Å². The maximum Gasteiger partial charge on any atom is 0.422 e. The van der Waals surface area contributed by atoms with Crippen LogP contribution in [-0.2, 0) is 6.18 Å². The molecule has 3 aromatic rings. The molecule has 0 saturated heterocycles. The third-order valence-corrected chi connectivity index (χ3v) is 7.11. The van der Waals surface area contributed by atoms with Gasteiger partial charge in [0.05, 0.1) is 39.5 Å². The fraction of sp³-hybridized carbons (Fsp3) is 0.0938. The second kappa shape index (κ2) is 12.1. The quantitative estimate of drug-likeness (QED) is 0.157. The molecule has 0 heterocycles. The van der Waals surface area contributed by atoms with Crippen molar-refractivity contribution in [1.29, 1.82) is 26.3 Å². The minimum absolute atomic E-state index is 0.0429. The smallest absolute Gasteiger partial charge is 0.203 e. The molecule has 0 atom stereocenters. The number of alkyl halides is 3. The molecule has 4 rings (SSSR count). The molecule has 1 aliphatic carbocycles. The first-order chi connectivity index (χ1) is 22.4. The second-order valence-corrected chi connectivity index (χ2v) is 9.80. The molecule has 0 unspecified atom stereocenters. The largest absolute Gasteiger partial charge is 0.422 e. The third-order valence-electron chi connectivity index (χ3n) is 7.11. The van der Waals surface area contributed by atoms with E-state index >= 15 is 17.6 Å². The molecule has 16 heteroatoms. The highest BCUT2D eigenvalue weighted by Crippen LogP contribution is 2.57. The first-order valence-corrected chi connectivity index (χ1v) is 12.6. The highest BCUT2D eigenvalue weighted by molar-refractivity contribution is 6.12. The Kier molecular flexibility index (Phi) is 8.65. The molecule has 0 aliphatic heterocycles. The van der Waals surface area contributed by atoms with E-state index < -0.39 is 108 Å². The average molecular weight is 671 g/mol. The molecule has 238 valence electrons. The van der Waals surface area contributed by atoms with Crippen molar-refractivity contribution in [2.45, 2.75) is 20.0 Å². The molecular weight excluding hydrogens is 663 g/mol. The first-order valence-electron chi connectivity index (χ1n) is 12.6. The average Bonchev–Trinajstić information content (AvgIpc) is 3.74. The molecule has 0 amide bonds. The van der Waals surface area contributed by atoms with Crippen LogP contribution in [0.1, 0.15) is 44.5 Å². The number of hydrogen-bond acceptors (Lipinski definition) is 5. The Morgan fingerprint density at radius 1 is 0.500 bits per heavy atom. The van der Waals surface area contributed by atoms with Crippen molar-refractivity contribution in [2.24, 2.45) is 0 Å². The molecule has 0 radical (unpaired) electrons. The van der Waals surface area contributed by atoms with E-state index in [0.717, 1.165) is 12.1 Å². The lowest BCUT2D eigenvalue weighted by atomic mass is 9.93. The van der Waals surface area contributed by atoms with Crippen LogP contribution in [0.2, 0.25) is 0 Å². The molecule has 0 aromatic heterocycles. The molecule has 0 bridgehead atoms. The van der Waals surface area contributed by atoms with Crippen LogP contribution in [-0.4, -0.2) is 0 Å². The minimum Gasteiger partial charge on any atom is -0.203 e. The van der Waals surface area contributed by atoms with E-state index in [1.807, 2.05) is 6.07 Å². The van der Waals surface area contributed by atoms with Gasteiger partial charge in [0.15, 0.2) is 46.5 Å². The molecule has 48 heavy (non-hydrogen) atoms. The number of nitrogens with zero attached hydrogens (tertiary/aromatic N) is 5. The van der Waals surface area contributed by atoms with Gasteiger partial charge in [-0.3, -0.25) is 0 Å². The number of aryl methyl sites for hydroxylation is 2. The molecule has 0 N–H and O–H groups in total. The fourth-order valence-corrected chi connectivity index (χ4v) is 5.12. The molecule has 1 fully saturated rings. The monoisotopic (exact) mass is 671 g/mol. The van der Waals surface area contributed by atoms with Gasteiger partial charge < -0.3 is 0 Å². The second-order valence-electron chi connectivity index (χ2n) is 9.80. The van der Waals surface area contributed by atoms with Crippen molar-refractivity contribution in [3.05, 3.63) is 120 Å². The van der Waals surface area contributed by atoms with Crippen LogP contribution < -0.4 is 0 Å². The Balaban J connectivity index is 2.33. The molecule has 0 spiro atoms. The molecule has 1 saturated carbocycles. The van der Waals surface area contributed by atoms with E-state index in [1.165, 1.54) is 32.0 Å². The summed E-state index contributed by atoms with van der Waals surface area (Å²) in [5, 5.41) is 48.2. The SMILES string of the molecule is Cc1cc(C#N)cc(C)c1C(C#N)=C1C(=C(C#N)c2c(F)c(F)c(C#N)c(F)c2F)C1=C(C#N)c1c(F)c(F)c(C(F)(F)F)c(F)c1F. The predicted molar refractivity (Wildman–Crippen MR) is 140 cm³/mol. The third kappa shape index (κ3) is 5.08. The van der Waals surface area contributed by atoms with Crippen molar-refractivity contribution < 1.29 is 48.3 Å². The summed E-state index contributed by atoms with van der Waals surface area (Å²) in [5.74, 6) is -20.9. The van der Waals surface area contributed by atoms with Crippen LogP contribution in [0.25, 0.3) is 16.7 Å². The van der Waals surface area contributed by atoms with Crippen LogP contribution in [0.4, 0.5) is 48.3 Å². The fourth-order valence-electron chi connectivity index (χ4n) is 5.12. The molecule has 3 aromatic carbocycles. The van der Waals surface area contributed by atoms with Gasteiger partial charge in [-0.25, -0.2) is 35.1 Å². The van der Waals surface area contributed by atoms with Gasteiger partial charge in [-0.05, 0) is 42.7 Å². The normalized spacial score (nSPS) is 15.4. The summed E-state index contributed by atoms with van der Waals surface area (Å²) >= 11 is 0. The van der Waals surface area contributed by atoms with Crippen molar-refractivity contribution in [1.82, 2.24) is 0 Å². The number of allylic oxidation sites excluding steroid dienone is 6. The van der Waals surface area contributed by atoms with E-state index in [9.17, 15) is 51.8 Å². The first kappa shape index (κ1) is 34.4. The van der Waals surface area contributed by atoms with Gasteiger partial charge >= 0.3 is 6.18 Å². The number of nitriles is 5. The molecule has 5 nitrogen and oxygen atoms in total. The van der Waals surface area contributed by atoms with E-state index in [2.05, 4.69) is 0 Å². The lowest BCUT2D eigenvalue weighted by Crippen LogP contribution is -2.17. The van der Waals surface area contributed by atoms with Gasteiger partial charge in [-0.1, -0.05) is 0 Å². The lowest BCUT2D eigenvalue weighted by Gasteiger charge is -2.13. The summed E-state index contributed by atoms with van der Waals surface area (Å²) < 4.78 is 159. The summed E-state index contributed by atoms with van der Waals surface area (Å²) in [6.45, 7) is 2.66. The van der Waals surface area contributed by atoms with Crippen molar-refractivity contribution >= 4 is 16.7 Å². The summed E-state index contributed by atoms with van der Waals surface area (Å²) in [7, 11) is 0. The predicted octanol–water partition coefficient (Wildman–Crippen LogP) is 8.42. The summed E-state index contributed by atoms with van der Waals surface area (Å²) in [6, 6.07) is 8.98. The lowest BCUT2D eigenvalue weighted by molar-refractivity contribution is -0.143. The van der Waals surface area contributed by atoms with Gasteiger partial charge in [-0.2, -0.15) is 39.5 Å². The summed E-state index contributed by atoms with van der Waals surface area (Å²) in [4.78, 5) is 0. The van der Waals surface area contributed by atoms with Gasteiger partial charge in [0.1, 0.15) is 35.4 Å². The van der Waals surface area contributed by atoms with Gasteiger partial charge in [0, 0.05) is 16.7 Å². The van der Waals surface area contributed by atoms with Crippen LogP contribution >= 0.6 is 0 Å². The van der Waals surface area contributed by atoms with Crippen molar-refractivity contribution in [2.75, 3.05) is 0 Å². The summed E-state index contributed by atoms with van der Waals surface area (Å²) in [5.41, 5.74) is -15.2. The zero-order valence-electron chi connectivity index (χ0n) is 23.5. The topological polar surface area (TPSA) is 119 Å². The highest BCUT2D eigenvalue weighted by Gasteiger charge is 2.47. The Hall–Kier alpha value is -6.44.